The third kappa shape index (κ3) is 4.11. The van der Waals surface area contributed by atoms with Gasteiger partial charge in [0.15, 0.2) is 0 Å². The van der Waals surface area contributed by atoms with E-state index in [1.807, 2.05) is 51.4 Å². The molecule has 0 fully saturated rings. The SMILES string of the molecule is Cc1cc(Nc2ncnc3cccc(OCC(C)(C)N(C)C)c23)ccc1O. The van der Waals surface area contributed by atoms with E-state index in [-0.39, 0.29) is 11.3 Å². The van der Waals surface area contributed by atoms with E-state index in [4.69, 9.17) is 4.74 Å². The molecule has 3 rings (SSSR count). The minimum absolute atomic E-state index is 0.112. The van der Waals surface area contributed by atoms with Crippen molar-refractivity contribution in [2.45, 2.75) is 26.3 Å². The molecular weight excluding hydrogens is 340 g/mol. The number of likely N-dealkylation sites (N-methyl/N-ethyl adjacent to an activating group) is 1. The molecule has 6 heteroatoms. The molecule has 3 aromatic rings. The van der Waals surface area contributed by atoms with Crippen molar-refractivity contribution in [3.8, 4) is 11.5 Å². The Kier molecular flexibility index (Phi) is 5.19. The van der Waals surface area contributed by atoms with Crippen molar-refractivity contribution in [3.63, 3.8) is 0 Å². The lowest BCUT2D eigenvalue weighted by Crippen LogP contribution is -2.43. The normalized spacial score (nSPS) is 11.8. The molecule has 2 aromatic carbocycles. The zero-order chi connectivity index (χ0) is 19.6. The lowest BCUT2D eigenvalue weighted by molar-refractivity contribution is 0.115. The van der Waals surface area contributed by atoms with Crippen LogP contribution in [0.25, 0.3) is 10.9 Å². The number of fused-ring (bicyclic) bond motifs is 1. The predicted molar refractivity (Wildman–Crippen MR) is 109 cm³/mol. The monoisotopic (exact) mass is 366 g/mol. The molecule has 0 radical (unpaired) electrons. The average molecular weight is 366 g/mol. The van der Waals surface area contributed by atoms with Gasteiger partial charge in [-0.15, -0.1) is 0 Å². The van der Waals surface area contributed by atoms with Crippen LogP contribution >= 0.6 is 0 Å². The highest BCUT2D eigenvalue weighted by Crippen LogP contribution is 2.33. The molecule has 0 spiro atoms. The lowest BCUT2D eigenvalue weighted by Gasteiger charge is -2.32. The van der Waals surface area contributed by atoms with Crippen LogP contribution in [0.2, 0.25) is 0 Å². The Balaban J connectivity index is 1.97. The lowest BCUT2D eigenvalue weighted by atomic mass is 10.1. The summed E-state index contributed by atoms with van der Waals surface area (Å²) >= 11 is 0. The zero-order valence-corrected chi connectivity index (χ0v) is 16.4. The summed E-state index contributed by atoms with van der Waals surface area (Å²) in [4.78, 5) is 10.9. The number of nitrogens with one attached hydrogen (secondary N) is 1. The molecule has 1 aromatic heterocycles. The van der Waals surface area contributed by atoms with E-state index >= 15 is 0 Å². The minimum Gasteiger partial charge on any atom is -0.508 e. The van der Waals surface area contributed by atoms with Gasteiger partial charge in [0.2, 0.25) is 0 Å². The van der Waals surface area contributed by atoms with Crippen molar-refractivity contribution in [2.24, 2.45) is 0 Å². The first kappa shape index (κ1) is 18.9. The number of rotatable bonds is 6. The number of hydrogen-bond acceptors (Lipinski definition) is 6. The highest BCUT2D eigenvalue weighted by molar-refractivity contribution is 5.95. The van der Waals surface area contributed by atoms with Crippen molar-refractivity contribution < 1.29 is 9.84 Å². The van der Waals surface area contributed by atoms with E-state index in [0.717, 1.165) is 27.9 Å². The maximum Gasteiger partial charge on any atom is 0.145 e. The topological polar surface area (TPSA) is 70.5 Å². The molecule has 6 nitrogen and oxygen atoms in total. The van der Waals surface area contributed by atoms with Gasteiger partial charge >= 0.3 is 0 Å². The van der Waals surface area contributed by atoms with Gasteiger partial charge in [-0.05, 0) is 70.8 Å². The van der Waals surface area contributed by atoms with Crippen LogP contribution in [-0.4, -0.2) is 46.2 Å². The van der Waals surface area contributed by atoms with E-state index in [1.54, 1.807) is 6.07 Å². The summed E-state index contributed by atoms with van der Waals surface area (Å²) in [7, 11) is 4.07. The summed E-state index contributed by atoms with van der Waals surface area (Å²) in [6, 6.07) is 11.2. The zero-order valence-electron chi connectivity index (χ0n) is 16.4. The van der Waals surface area contributed by atoms with Crippen LogP contribution in [0.15, 0.2) is 42.7 Å². The van der Waals surface area contributed by atoms with Crippen LogP contribution in [0, 0.1) is 6.92 Å². The molecule has 0 amide bonds. The minimum atomic E-state index is -0.112. The molecule has 0 aliphatic heterocycles. The Morgan fingerprint density at radius 3 is 2.63 bits per heavy atom. The van der Waals surface area contributed by atoms with E-state index in [0.29, 0.717) is 12.4 Å². The van der Waals surface area contributed by atoms with Gasteiger partial charge in [0, 0.05) is 11.2 Å². The second-order valence-electron chi connectivity index (χ2n) is 7.49. The molecule has 0 aliphatic rings. The van der Waals surface area contributed by atoms with Gasteiger partial charge in [0.05, 0.1) is 10.9 Å². The quantitative estimate of drug-likeness (QED) is 0.640. The number of aryl methyl sites for hydroxylation is 1. The fraction of sp³-hybridized carbons (Fsp3) is 0.333. The average Bonchev–Trinajstić information content (AvgIpc) is 2.63. The fourth-order valence-corrected chi connectivity index (χ4v) is 2.55. The molecule has 2 N–H and O–H groups in total. The summed E-state index contributed by atoms with van der Waals surface area (Å²) in [5.41, 5.74) is 2.33. The molecular formula is C21H26N4O2. The summed E-state index contributed by atoms with van der Waals surface area (Å²) in [6.07, 6.45) is 1.53. The van der Waals surface area contributed by atoms with Gasteiger partial charge in [-0.2, -0.15) is 0 Å². The van der Waals surface area contributed by atoms with Crippen molar-refractivity contribution in [1.82, 2.24) is 14.9 Å². The number of phenolic OH excluding ortho intramolecular Hbond substituents is 1. The number of ether oxygens (including phenoxy) is 1. The largest absolute Gasteiger partial charge is 0.508 e. The number of anilines is 2. The molecule has 1 heterocycles. The summed E-state index contributed by atoms with van der Waals surface area (Å²) in [5.74, 6) is 1.67. The summed E-state index contributed by atoms with van der Waals surface area (Å²) in [5, 5.41) is 13.9. The smallest absolute Gasteiger partial charge is 0.145 e. The van der Waals surface area contributed by atoms with E-state index in [2.05, 4.69) is 34.0 Å². The Hall–Kier alpha value is -2.86. The van der Waals surface area contributed by atoms with Crippen molar-refractivity contribution in [3.05, 3.63) is 48.3 Å². The predicted octanol–water partition coefficient (Wildman–Crippen LogP) is 4.11. The second-order valence-corrected chi connectivity index (χ2v) is 7.49. The first-order valence-corrected chi connectivity index (χ1v) is 8.88. The Morgan fingerprint density at radius 2 is 1.93 bits per heavy atom. The molecule has 0 saturated carbocycles. The van der Waals surface area contributed by atoms with Crippen molar-refractivity contribution in [2.75, 3.05) is 26.0 Å². The first-order chi connectivity index (χ1) is 12.8. The van der Waals surface area contributed by atoms with Crippen LogP contribution in [0.5, 0.6) is 11.5 Å². The van der Waals surface area contributed by atoms with Crippen LogP contribution in [0.4, 0.5) is 11.5 Å². The highest BCUT2D eigenvalue weighted by Gasteiger charge is 2.22. The number of nitrogens with zero attached hydrogens (tertiary/aromatic N) is 3. The van der Waals surface area contributed by atoms with E-state index in [9.17, 15) is 5.11 Å². The van der Waals surface area contributed by atoms with Crippen LogP contribution in [-0.2, 0) is 0 Å². The van der Waals surface area contributed by atoms with Gasteiger partial charge in [0.1, 0.15) is 30.3 Å². The number of aromatic hydroxyl groups is 1. The maximum absolute atomic E-state index is 9.74. The van der Waals surface area contributed by atoms with Gasteiger partial charge in [-0.1, -0.05) is 6.07 Å². The second kappa shape index (κ2) is 7.40. The third-order valence-electron chi connectivity index (χ3n) is 4.88. The number of aromatic nitrogens is 2. The molecule has 142 valence electrons. The van der Waals surface area contributed by atoms with Crippen molar-refractivity contribution >= 4 is 22.4 Å². The molecule has 27 heavy (non-hydrogen) atoms. The molecule has 0 saturated heterocycles. The molecule has 0 bridgehead atoms. The maximum atomic E-state index is 9.74. The van der Waals surface area contributed by atoms with Gasteiger partial charge in [-0.25, -0.2) is 9.97 Å². The molecule has 0 atom stereocenters. The van der Waals surface area contributed by atoms with Gasteiger partial charge < -0.3 is 20.1 Å². The van der Waals surface area contributed by atoms with E-state index < -0.39 is 0 Å². The van der Waals surface area contributed by atoms with Crippen molar-refractivity contribution in [1.29, 1.82) is 0 Å². The van der Waals surface area contributed by atoms with E-state index in [1.165, 1.54) is 6.33 Å². The van der Waals surface area contributed by atoms with Gasteiger partial charge in [0.25, 0.3) is 0 Å². The molecule has 0 unspecified atom stereocenters. The Morgan fingerprint density at radius 1 is 1.15 bits per heavy atom. The van der Waals surface area contributed by atoms with Crippen LogP contribution in [0.3, 0.4) is 0 Å². The fourth-order valence-electron chi connectivity index (χ4n) is 2.55. The highest BCUT2D eigenvalue weighted by atomic mass is 16.5. The van der Waals surface area contributed by atoms with Crippen LogP contribution < -0.4 is 10.1 Å². The Labute approximate surface area is 159 Å². The number of benzene rings is 2. The summed E-state index contributed by atoms with van der Waals surface area (Å²) in [6.45, 7) is 6.66. The number of phenols is 1. The first-order valence-electron chi connectivity index (χ1n) is 8.88. The van der Waals surface area contributed by atoms with Crippen LogP contribution in [0.1, 0.15) is 19.4 Å². The third-order valence-corrected chi connectivity index (χ3v) is 4.88. The Bertz CT molecular complexity index is 949. The number of hydrogen-bond donors (Lipinski definition) is 2. The standard InChI is InChI=1S/C21H26N4O2/c1-14-11-15(9-10-17(14)26)24-20-19-16(22-13-23-20)7-6-8-18(19)27-12-21(2,3)25(4)5/h6-11,13,26H,12H2,1-5H3,(H,22,23,24). The van der Waals surface area contributed by atoms with Gasteiger partial charge in [-0.3, -0.25) is 0 Å². The molecule has 0 aliphatic carbocycles. The summed E-state index contributed by atoms with van der Waals surface area (Å²) < 4.78 is 6.16.